The molecular weight excluding hydrogens is 322 g/mol. The highest BCUT2D eigenvalue weighted by Gasteiger charge is 2.18. The van der Waals surface area contributed by atoms with Gasteiger partial charge in [-0.25, -0.2) is 0 Å². The maximum absolute atomic E-state index is 11.4. The van der Waals surface area contributed by atoms with Gasteiger partial charge in [-0.3, -0.25) is 9.78 Å². The lowest BCUT2D eigenvalue weighted by molar-refractivity contribution is -0.129. The number of aryl methyl sites for hydroxylation is 3. The minimum atomic E-state index is 0.167. The van der Waals surface area contributed by atoms with E-state index in [0.29, 0.717) is 0 Å². The normalized spacial score (nSPS) is 14.5. The van der Waals surface area contributed by atoms with Crippen molar-refractivity contribution in [3.8, 4) is 0 Å². The lowest BCUT2D eigenvalue weighted by Crippen LogP contribution is -2.48. The molecule has 1 saturated heterocycles. The van der Waals surface area contributed by atoms with Gasteiger partial charge in [-0.1, -0.05) is 37.6 Å². The fraction of sp³-hybridized carbons (Fsp3) is 0.455. The standard InChI is InChI=1S/C22H29N3O/c1-3-4-19-5-7-20(8-6-19)9-10-21-11-12-22(17-23-21)25-15-13-24(14-16-25)18(2)26/h5-8,11-12,17H,3-4,9-10,13-16H2,1-2H3. The van der Waals surface area contributed by atoms with Crippen molar-refractivity contribution in [3.63, 3.8) is 0 Å². The van der Waals surface area contributed by atoms with Crippen LogP contribution in [-0.4, -0.2) is 42.0 Å². The van der Waals surface area contributed by atoms with Gasteiger partial charge in [0, 0.05) is 38.8 Å². The molecule has 1 amide bonds. The van der Waals surface area contributed by atoms with Crippen molar-refractivity contribution in [2.24, 2.45) is 0 Å². The first-order valence-electron chi connectivity index (χ1n) is 9.69. The van der Waals surface area contributed by atoms with Crippen LogP contribution in [0.5, 0.6) is 0 Å². The second-order valence-corrected chi connectivity index (χ2v) is 7.07. The molecule has 0 unspecified atom stereocenters. The predicted molar refractivity (Wildman–Crippen MR) is 107 cm³/mol. The summed E-state index contributed by atoms with van der Waals surface area (Å²) in [4.78, 5) is 20.3. The SMILES string of the molecule is CCCc1ccc(CCc2ccc(N3CCN(C(C)=O)CC3)cn2)cc1. The third-order valence-corrected chi connectivity index (χ3v) is 5.13. The van der Waals surface area contributed by atoms with E-state index in [0.717, 1.165) is 56.8 Å². The number of benzene rings is 1. The lowest BCUT2D eigenvalue weighted by Gasteiger charge is -2.35. The van der Waals surface area contributed by atoms with Crippen molar-refractivity contribution in [1.29, 1.82) is 0 Å². The zero-order chi connectivity index (χ0) is 18.4. The summed E-state index contributed by atoms with van der Waals surface area (Å²) in [6, 6.07) is 13.3. The van der Waals surface area contributed by atoms with E-state index < -0.39 is 0 Å². The molecule has 0 bridgehead atoms. The molecule has 1 aliphatic heterocycles. The first-order valence-corrected chi connectivity index (χ1v) is 9.69. The number of hydrogen-bond donors (Lipinski definition) is 0. The van der Waals surface area contributed by atoms with Gasteiger partial charge in [-0.15, -0.1) is 0 Å². The molecule has 1 aromatic carbocycles. The number of carbonyl (C=O) groups excluding carboxylic acids is 1. The van der Waals surface area contributed by atoms with Gasteiger partial charge in [0.25, 0.3) is 0 Å². The van der Waals surface area contributed by atoms with Gasteiger partial charge in [0.15, 0.2) is 0 Å². The fourth-order valence-corrected chi connectivity index (χ4v) is 3.46. The van der Waals surface area contributed by atoms with Crippen molar-refractivity contribution in [1.82, 2.24) is 9.88 Å². The Labute approximate surface area is 156 Å². The Balaban J connectivity index is 1.51. The van der Waals surface area contributed by atoms with Crippen molar-refractivity contribution in [2.45, 2.75) is 39.5 Å². The molecule has 1 fully saturated rings. The van der Waals surface area contributed by atoms with Crippen LogP contribution in [0.3, 0.4) is 0 Å². The highest BCUT2D eigenvalue weighted by molar-refractivity contribution is 5.73. The van der Waals surface area contributed by atoms with Crippen LogP contribution in [0, 0.1) is 0 Å². The van der Waals surface area contributed by atoms with Gasteiger partial charge < -0.3 is 9.80 Å². The van der Waals surface area contributed by atoms with Gasteiger partial charge in [-0.2, -0.15) is 0 Å². The van der Waals surface area contributed by atoms with Crippen LogP contribution in [0.4, 0.5) is 5.69 Å². The van der Waals surface area contributed by atoms with E-state index in [1.54, 1.807) is 6.92 Å². The fourth-order valence-electron chi connectivity index (χ4n) is 3.46. The Morgan fingerprint density at radius 1 is 0.923 bits per heavy atom. The molecule has 3 rings (SSSR count). The summed E-state index contributed by atoms with van der Waals surface area (Å²) in [5.41, 5.74) is 5.08. The molecule has 0 saturated carbocycles. The zero-order valence-corrected chi connectivity index (χ0v) is 15.9. The average molecular weight is 351 g/mol. The molecule has 0 radical (unpaired) electrons. The Kier molecular flexibility index (Phi) is 6.26. The molecule has 4 nitrogen and oxygen atoms in total. The first-order chi connectivity index (χ1) is 12.7. The Hall–Kier alpha value is -2.36. The largest absolute Gasteiger partial charge is 0.367 e. The molecular formula is C22H29N3O. The van der Waals surface area contributed by atoms with Crippen LogP contribution >= 0.6 is 0 Å². The van der Waals surface area contributed by atoms with E-state index in [1.807, 2.05) is 11.1 Å². The van der Waals surface area contributed by atoms with E-state index in [2.05, 4.69) is 53.2 Å². The van der Waals surface area contributed by atoms with Crippen LogP contribution in [-0.2, 0) is 24.1 Å². The summed E-state index contributed by atoms with van der Waals surface area (Å²) in [5, 5.41) is 0. The highest BCUT2D eigenvalue weighted by atomic mass is 16.2. The van der Waals surface area contributed by atoms with Crippen LogP contribution in [0.25, 0.3) is 0 Å². The smallest absolute Gasteiger partial charge is 0.219 e. The first kappa shape index (κ1) is 18.4. The van der Waals surface area contributed by atoms with Gasteiger partial charge >= 0.3 is 0 Å². The summed E-state index contributed by atoms with van der Waals surface area (Å²) >= 11 is 0. The van der Waals surface area contributed by atoms with Gasteiger partial charge in [0.2, 0.25) is 5.91 Å². The van der Waals surface area contributed by atoms with E-state index in [1.165, 1.54) is 17.5 Å². The summed E-state index contributed by atoms with van der Waals surface area (Å²) in [7, 11) is 0. The third kappa shape index (κ3) is 4.84. The number of hydrogen-bond acceptors (Lipinski definition) is 3. The number of rotatable bonds is 6. The summed E-state index contributed by atoms with van der Waals surface area (Å²) < 4.78 is 0. The molecule has 2 aromatic rings. The Bertz CT molecular complexity index is 701. The quantitative estimate of drug-likeness (QED) is 0.799. The third-order valence-electron chi connectivity index (χ3n) is 5.13. The van der Waals surface area contributed by atoms with Crippen LogP contribution in [0.1, 0.15) is 37.1 Å². The van der Waals surface area contributed by atoms with Crippen molar-refractivity contribution < 1.29 is 4.79 Å². The number of carbonyl (C=O) groups is 1. The molecule has 0 aliphatic carbocycles. The highest BCUT2D eigenvalue weighted by Crippen LogP contribution is 2.17. The maximum Gasteiger partial charge on any atom is 0.219 e. The van der Waals surface area contributed by atoms with Gasteiger partial charge in [0.05, 0.1) is 11.9 Å². The topological polar surface area (TPSA) is 36.4 Å². The second-order valence-electron chi connectivity index (χ2n) is 7.07. The van der Waals surface area contributed by atoms with Gasteiger partial charge in [-0.05, 0) is 42.5 Å². The number of nitrogens with zero attached hydrogens (tertiary/aromatic N) is 3. The van der Waals surface area contributed by atoms with Gasteiger partial charge in [0.1, 0.15) is 0 Å². The summed E-state index contributed by atoms with van der Waals surface area (Å²) in [6.07, 6.45) is 6.31. The summed E-state index contributed by atoms with van der Waals surface area (Å²) in [6.45, 7) is 7.21. The van der Waals surface area contributed by atoms with Crippen molar-refractivity contribution in [3.05, 3.63) is 59.4 Å². The molecule has 1 aromatic heterocycles. The monoisotopic (exact) mass is 351 g/mol. The van der Waals surface area contributed by atoms with Crippen LogP contribution in [0.2, 0.25) is 0 Å². The number of aromatic nitrogens is 1. The summed E-state index contributed by atoms with van der Waals surface area (Å²) in [5.74, 6) is 0.167. The Morgan fingerprint density at radius 3 is 2.12 bits per heavy atom. The minimum Gasteiger partial charge on any atom is -0.367 e. The number of pyridine rings is 1. The van der Waals surface area contributed by atoms with Crippen molar-refractivity contribution in [2.75, 3.05) is 31.1 Å². The second kappa shape index (κ2) is 8.84. The molecule has 2 heterocycles. The molecule has 1 aliphatic rings. The maximum atomic E-state index is 11.4. The van der Waals surface area contributed by atoms with Crippen LogP contribution < -0.4 is 4.90 Å². The minimum absolute atomic E-state index is 0.167. The molecule has 0 spiro atoms. The lowest BCUT2D eigenvalue weighted by atomic mass is 10.0. The van der Waals surface area contributed by atoms with E-state index in [9.17, 15) is 4.79 Å². The number of piperazine rings is 1. The van der Waals surface area contributed by atoms with Crippen molar-refractivity contribution >= 4 is 11.6 Å². The zero-order valence-electron chi connectivity index (χ0n) is 15.9. The van der Waals surface area contributed by atoms with Crippen LogP contribution in [0.15, 0.2) is 42.6 Å². The molecule has 0 atom stereocenters. The van der Waals surface area contributed by atoms with E-state index in [4.69, 9.17) is 0 Å². The Morgan fingerprint density at radius 2 is 1.58 bits per heavy atom. The molecule has 4 heteroatoms. The number of anilines is 1. The number of amides is 1. The van der Waals surface area contributed by atoms with E-state index >= 15 is 0 Å². The predicted octanol–water partition coefficient (Wildman–Crippen LogP) is 3.49. The molecule has 138 valence electrons. The molecule has 26 heavy (non-hydrogen) atoms. The average Bonchev–Trinajstić information content (AvgIpc) is 2.68. The van der Waals surface area contributed by atoms with E-state index in [-0.39, 0.29) is 5.91 Å². The molecule has 0 N–H and O–H groups in total.